The fraction of sp³-hybridized carbons (Fsp3) is 0.333. The average molecular weight is 449 g/mol. The van der Waals surface area contributed by atoms with Gasteiger partial charge in [0.05, 0.1) is 19.8 Å². The first-order valence-corrected chi connectivity index (χ1v) is 9.93. The molecular weight excluding hydrogens is 423 g/mol. The van der Waals surface area contributed by atoms with E-state index in [-0.39, 0.29) is 24.2 Å². The number of nitrogens with zero attached hydrogens (tertiary/aromatic N) is 4. The minimum Gasteiger partial charge on any atom is -0.494 e. The third kappa shape index (κ3) is 5.36. The highest BCUT2D eigenvalue weighted by Gasteiger charge is 2.32. The lowest BCUT2D eigenvalue weighted by Crippen LogP contribution is -2.57. The van der Waals surface area contributed by atoms with Gasteiger partial charge >= 0.3 is 0 Å². The molecule has 166 valence electrons. The summed E-state index contributed by atoms with van der Waals surface area (Å²) in [7, 11) is 0. The van der Waals surface area contributed by atoms with Crippen LogP contribution in [0.3, 0.4) is 0 Å². The molecule has 8 nitrogen and oxygen atoms in total. The van der Waals surface area contributed by atoms with Gasteiger partial charge in [-0.2, -0.15) is 4.99 Å². The molecule has 3 N–H and O–H groups in total. The molecule has 0 aliphatic carbocycles. The van der Waals surface area contributed by atoms with E-state index in [0.717, 1.165) is 17.1 Å². The molecule has 2 aromatic carbocycles. The summed E-state index contributed by atoms with van der Waals surface area (Å²) >= 11 is 0. The second-order valence-electron chi connectivity index (χ2n) is 6.82. The lowest BCUT2D eigenvalue weighted by Gasteiger charge is -2.41. The molecule has 0 radical (unpaired) electrons. The van der Waals surface area contributed by atoms with Gasteiger partial charge in [0, 0.05) is 24.5 Å². The zero-order chi connectivity index (χ0) is 20.9. The summed E-state index contributed by atoms with van der Waals surface area (Å²) in [4.78, 5) is 13.0. The Morgan fingerprint density at radius 1 is 1.13 bits per heavy atom. The zero-order valence-corrected chi connectivity index (χ0v) is 18.0. The number of guanidine groups is 2. The fourth-order valence-corrected chi connectivity index (χ4v) is 3.38. The number of anilines is 2. The number of nitrogens with two attached hydrogens (primary N) is 1. The molecule has 31 heavy (non-hydrogen) atoms. The van der Waals surface area contributed by atoms with Crippen molar-refractivity contribution >= 4 is 35.7 Å². The molecule has 0 amide bonds. The maximum Gasteiger partial charge on any atom is 0.222 e. The molecule has 1 saturated heterocycles. The Balaban J connectivity index is 0.00000272. The van der Waals surface area contributed by atoms with E-state index in [1.807, 2.05) is 36.1 Å². The topological polar surface area (TPSA) is 87.7 Å². The summed E-state index contributed by atoms with van der Waals surface area (Å²) in [5.74, 6) is 1.32. The van der Waals surface area contributed by atoms with Crippen LogP contribution in [-0.2, 0) is 4.74 Å². The number of hydrogen-bond donors (Lipinski definition) is 2. The first kappa shape index (κ1) is 22.6. The molecule has 2 aliphatic rings. The Morgan fingerprint density at radius 3 is 2.45 bits per heavy atom. The molecular formula is C21H26ClFN6O2. The van der Waals surface area contributed by atoms with E-state index >= 15 is 0 Å². The van der Waals surface area contributed by atoms with Crippen molar-refractivity contribution in [1.29, 1.82) is 0 Å². The highest BCUT2D eigenvalue weighted by atomic mass is 35.5. The minimum atomic E-state index is -0.552. The summed E-state index contributed by atoms with van der Waals surface area (Å²) < 4.78 is 24.5. The number of benzene rings is 2. The largest absolute Gasteiger partial charge is 0.494 e. The number of morpholine rings is 1. The van der Waals surface area contributed by atoms with E-state index in [9.17, 15) is 4.39 Å². The third-order valence-electron chi connectivity index (χ3n) is 4.79. The second-order valence-corrected chi connectivity index (χ2v) is 6.82. The van der Waals surface area contributed by atoms with Gasteiger partial charge in [-0.15, -0.1) is 12.4 Å². The normalized spacial score (nSPS) is 18.6. The average Bonchev–Trinajstić information content (AvgIpc) is 2.76. The summed E-state index contributed by atoms with van der Waals surface area (Å²) in [5.41, 5.74) is 7.66. The van der Waals surface area contributed by atoms with Crippen LogP contribution in [-0.4, -0.2) is 56.0 Å². The molecule has 0 saturated carbocycles. The predicted octanol–water partition coefficient (Wildman–Crippen LogP) is 2.86. The van der Waals surface area contributed by atoms with Gasteiger partial charge in [-0.1, -0.05) is 0 Å². The maximum absolute atomic E-state index is 13.6. The van der Waals surface area contributed by atoms with Crippen LogP contribution in [0.25, 0.3) is 0 Å². The van der Waals surface area contributed by atoms with E-state index in [0.29, 0.717) is 38.9 Å². The summed E-state index contributed by atoms with van der Waals surface area (Å²) in [6.45, 7) is 5.11. The highest BCUT2D eigenvalue weighted by Crippen LogP contribution is 2.25. The SMILES string of the molecule is CCOc1ccc(NC2N=C(N)N=C(N3CCOCC3)N2c2ccc(F)cc2)cc1.Cl. The lowest BCUT2D eigenvalue weighted by atomic mass is 10.2. The number of aliphatic imine (C=N–C) groups is 2. The van der Waals surface area contributed by atoms with Crippen molar-refractivity contribution < 1.29 is 13.9 Å². The van der Waals surface area contributed by atoms with Crippen LogP contribution in [0.15, 0.2) is 58.5 Å². The molecule has 2 aromatic rings. The molecule has 4 rings (SSSR count). The van der Waals surface area contributed by atoms with Crippen LogP contribution in [0.2, 0.25) is 0 Å². The molecule has 2 aliphatic heterocycles. The van der Waals surface area contributed by atoms with Crippen LogP contribution in [0.1, 0.15) is 6.92 Å². The van der Waals surface area contributed by atoms with Gasteiger partial charge in [0.15, 0.2) is 0 Å². The monoisotopic (exact) mass is 448 g/mol. The molecule has 0 spiro atoms. The zero-order valence-electron chi connectivity index (χ0n) is 17.2. The van der Waals surface area contributed by atoms with Crippen LogP contribution in [0, 0.1) is 5.82 Å². The number of ether oxygens (including phenoxy) is 2. The summed E-state index contributed by atoms with van der Waals surface area (Å²) in [5, 5.41) is 3.38. The molecule has 10 heteroatoms. The molecule has 0 bridgehead atoms. The predicted molar refractivity (Wildman–Crippen MR) is 123 cm³/mol. The molecule has 1 unspecified atom stereocenters. The Bertz CT molecular complexity index is 916. The third-order valence-corrected chi connectivity index (χ3v) is 4.79. The summed E-state index contributed by atoms with van der Waals surface area (Å²) in [6.07, 6.45) is -0.552. The smallest absolute Gasteiger partial charge is 0.222 e. The van der Waals surface area contributed by atoms with Gasteiger partial charge < -0.3 is 25.4 Å². The van der Waals surface area contributed by atoms with Crippen LogP contribution in [0.4, 0.5) is 15.8 Å². The van der Waals surface area contributed by atoms with E-state index in [2.05, 4.69) is 20.2 Å². The number of rotatable bonds is 5. The van der Waals surface area contributed by atoms with Crippen molar-refractivity contribution in [2.75, 3.05) is 43.1 Å². The Labute approximate surface area is 187 Å². The van der Waals surface area contributed by atoms with E-state index in [1.54, 1.807) is 12.1 Å². The van der Waals surface area contributed by atoms with Crippen LogP contribution >= 0.6 is 12.4 Å². The van der Waals surface area contributed by atoms with Crippen molar-refractivity contribution in [3.8, 4) is 5.75 Å². The highest BCUT2D eigenvalue weighted by molar-refractivity contribution is 6.06. The minimum absolute atomic E-state index is 0. The molecule has 1 fully saturated rings. The molecule has 0 aromatic heterocycles. The van der Waals surface area contributed by atoms with E-state index in [4.69, 9.17) is 15.2 Å². The van der Waals surface area contributed by atoms with Crippen molar-refractivity contribution in [2.24, 2.45) is 15.7 Å². The van der Waals surface area contributed by atoms with Crippen molar-refractivity contribution in [1.82, 2.24) is 4.90 Å². The Hall–Kier alpha value is -3.04. The molecule has 2 heterocycles. The van der Waals surface area contributed by atoms with E-state index in [1.165, 1.54) is 12.1 Å². The van der Waals surface area contributed by atoms with Gasteiger partial charge in [-0.05, 0) is 55.5 Å². The number of hydrogen-bond acceptors (Lipinski definition) is 8. The van der Waals surface area contributed by atoms with Gasteiger partial charge in [0.1, 0.15) is 11.6 Å². The number of nitrogens with one attached hydrogen (secondary N) is 1. The van der Waals surface area contributed by atoms with Crippen molar-refractivity contribution in [2.45, 2.75) is 13.2 Å². The van der Waals surface area contributed by atoms with Gasteiger partial charge in [0.25, 0.3) is 0 Å². The summed E-state index contributed by atoms with van der Waals surface area (Å²) in [6, 6.07) is 13.9. The first-order valence-electron chi connectivity index (χ1n) is 9.93. The maximum atomic E-state index is 13.6. The van der Waals surface area contributed by atoms with Crippen LogP contribution < -0.4 is 20.7 Å². The lowest BCUT2D eigenvalue weighted by molar-refractivity contribution is 0.0671. The Kier molecular flexibility index (Phi) is 7.54. The standard InChI is InChI=1S/C21H25FN6O2.ClH/c1-2-30-18-9-5-16(6-10-18)24-20-25-19(23)26-21(27-11-13-29-14-12-27)28(20)17-7-3-15(22)4-8-17;/h3-10,20,24H,2,11-14H2,1H3,(H2,23,25);1H. The second kappa shape index (κ2) is 10.3. The van der Waals surface area contributed by atoms with Gasteiger partial charge in [-0.25, -0.2) is 9.38 Å². The number of halogens is 2. The van der Waals surface area contributed by atoms with Gasteiger partial charge in [-0.3, -0.25) is 4.90 Å². The van der Waals surface area contributed by atoms with E-state index < -0.39 is 6.29 Å². The first-order chi connectivity index (χ1) is 14.6. The molecule has 1 atom stereocenters. The van der Waals surface area contributed by atoms with Crippen molar-refractivity contribution in [3.63, 3.8) is 0 Å². The Morgan fingerprint density at radius 2 is 1.81 bits per heavy atom. The van der Waals surface area contributed by atoms with Crippen molar-refractivity contribution in [3.05, 3.63) is 54.3 Å². The van der Waals surface area contributed by atoms with Crippen LogP contribution in [0.5, 0.6) is 5.75 Å². The quantitative estimate of drug-likeness (QED) is 0.731. The fourth-order valence-electron chi connectivity index (χ4n) is 3.38. The van der Waals surface area contributed by atoms with Gasteiger partial charge in [0.2, 0.25) is 18.2 Å².